The van der Waals surface area contributed by atoms with E-state index in [1.807, 2.05) is 0 Å². The molecule has 2 heterocycles. The number of sulfonamides is 1. The van der Waals surface area contributed by atoms with Crippen LogP contribution in [-0.4, -0.2) is 49.7 Å². The first-order valence-corrected chi connectivity index (χ1v) is 8.18. The molecule has 1 aromatic rings. The molecule has 20 heavy (non-hydrogen) atoms. The second kappa shape index (κ2) is 6.21. The molecule has 1 fully saturated rings. The van der Waals surface area contributed by atoms with Gasteiger partial charge in [-0.2, -0.15) is 5.10 Å². The van der Waals surface area contributed by atoms with Crippen LogP contribution < -0.4 is 5.73 Å². The van der Waals surface area contributed by atoms with Crippen molar-refractivity contribution in [3.8, 4) is 0 Å². The van der Waals surface area contributed by atoms with Gasteiger partial charge in [0.2, 0.25) is 10.0 Å². The Kier molecular flexibility index (Phi) is 4.79. The van der Waals surface area contributed by atoms with Crippen molar-refractivity contribution < 1.29 is 13.2 Å². The van der Waals surface area contributed by atoms with Gasteiger partial charge < -0.3 is 10.5 Å². The molecule has 0 bridgehead atoms. The Hall–Kier alpha value is -0.960. The molecule has 0 atom stereocenters. The number of aromatic nitrogens is 2. The zero-order valence-corrected chi connectivity index (χ0v) is 12.7. The number of nitrogens with zero attached hydrogens (tertiary/aromatic N) is 2. The second-order valence-electron chi connectivity index (χ2n) is 5.17. The van der Waals surface area contributed by atoms with E-state index in [0.29, 0.717) is 37.1 Å². The van der Waals surface area contributed by atoms with Crippen LogP contribution in [0.1, 0.15) is 24.2 Å². The maximum absolute atomic E-state index is 12.6. The van der Waals surface area contributed by atoms with Crippen molar-refractivity contribution in [1.82, 2.24) is 14.5 Å². The lowest BCUT2D eigenvalue weighted by Crippen LogP contribution is -2.34. The van der Waals surface area contributed by atoms with Gasteiger partial charge in [0, 0.05) is 33.4 Å². The van der Waals surface area contributed by atoms with Gasteiger partial charge in [0.25, 0.3) is 0 Å². The van der Waals surface area contributed by atoms with Crippen LogP contribution in [0, 0.1) is 12.8 Å². The van der Waals surface area contributed by atoms with Crippen molar-refractivity contribution in [3.05, 3.63) is 11.4 Å². The zero-order valence-electron chi connectivity index (χ0n) is 11.9. The maximum atomic E-state index is 12.6. The lowest BCUT2D eigenvalue weighted by atomic mass is 10.0. The van der Waals surface area contributed by atoms with Gasteiger partial charge in [-0.05, 0) is 25.7 Å². The summed E-state index contributed by atoms with van der Waals surface area (Å²) in [6.07, 6.45) is 1.79. The van der Waals surface area contributed by atoms with Crippen molar-refractivity contribution in [2.75, 3.05) is 26.8 Å². The second-order valence-corrected chi connectivity index (χ2v) is 7.15. The molecule has 1 aliphatic rings. The Bertz CT molecular complexity index is 549. The molecular formula is C12H22N4O3S. The molecule has 7 nitrogen and oxygen atoms in total. The highest BCUT2D eigenvalue weighted by molar-refractivity contribution is 7.89. The number of aromatic amines is 1. The average Bonchev–Trinajstić information content (AvgIpc) is 2.81. The minimum absolute atomic E-state index is 0.101. The molecule has 1 aromatic heterocycles. The lowest BCUT2D eigenvalue weighted by molar-refractivity contribution is 0.0620. The third kappa shape index (κ3) is 3.03. The summed E-state index contributed by atoms with van der Waals surface area (Å²) in [6, 6.07) is 0. The summed E-state index contributed by atoms with van der Waals surface area (Å²) in [5.41, 5.74) is 6.48. The highest BCUT2D eigenvalue weighted by Crippen LogP contribution is 2.24. The standard InChI is InChI=1S/C12H22N4O3S/c1-9-12(11(7-13)15-14-9)20(17,18)16(2)8-10-3-5-19-6-4-10/h10H,3-8,13H2,1-2H3,(H,14,15). The summed E-state index contributed by atoms with van der Waals surface area (Å²) < 4.78 is 32.0. The fraction of sp³-hybridized carbons (Fsp3) is 0.750. The topological polar surface area (TPSA) is 101 Å². The summed E-state index contributed by atoms with van der Waals surface area (Å²) in [6.45, 7) is 3.71. The number of hydrogen-bond acceptors (Lipinski definition) is 5. The summed E-state index contributed by atoms with van der Waals surface area (Å²) in [5.74, 6) is 0.344. The van der Waals surface area contributed by atoms with E-state index in [1.54, 1.807) is 14.0 Å². The molecule has 8 heteroatoms. The average molecular weight is 302 g/mol. The van der Waals surface area contributed by atoms with E-state index in [9.17, 15) is 8.42 Å². The first-order chi connectivity index (χ1) is 9.46. The predicted octanol–water partition coefficient (Wildman–Crippen LogP) is 0.224. The van der Waals surface area contributed by atoms with Crippen LogP contribution in [0.25, 0.3) is 0 Å². The fourth-order valence-corrected chi connectivity index (χ4v) is 4.07. The molecule has 0 aromatic carbocycles. The predicted molar refractivity (Wildman–Crippen MR) is 74.6 cm³/mol. The minimum Gasteiger partial charge on any atom is -0.381 e. The Labute approximate surface area is 119 Å². The van der Waals surface area contributed by atoms with Gasteiger partial charge >= 0.3 is 0 Å². The number of rotatable bonds is 5. The van der Waals surface area contributed by atoms with Gasteiger partial charge in [0.05, 0.1) is 11.4 Å². The monoisotopic (exact) mass is 302 g/mol. The molecule has 2 rings (SSSR count). The first kappa shape index (κ1) is 15.4. The van der Waals surface area contributed by atoms with Crippen LogP contribution in [0.2, 0.25) is 0 Å². The highest BCUT2D eigenvalue weighted by atomic mass is 32.2. The van der Waals surface area contributed by atoms with Crippen molar-refractivity contribution in [3.63, 3.8) is 0 Å². The molecule has 0 amide bonds. The van der Waals surface area contributed by atoms with Crippen LogP contribution in [0.3, 0.4) is 0 Å². The molecule has 114 valence electrons. The molecule has 3 N–H and O–H groups in total. The maximum Gasteiger partial charge on any atom is 0.246 e. The van der Waals surface area contributed by atoms with E-state index < -0.39 is 10.0 Å². The van der Waals surface area contributed by atoms with Gasteiger partial charge in [-0.15, -0.1) is 0 Å². The number of nitrogens with one attached hydrogen (secondary N) is 1. The molecule has 0 saturated carbocycles. The van der Waals surface area contributed by atoms with E-state index in [2.05, 4.69) is 10.2 Å². The molecular weight excluding hydrogens is 280 g/mol. The quantitative estimate of drug-likeness (QED) is 0.810. The third-order valence-corrected chi connectivity index (χ3v) is 5.71. The molecule has 0 aliphatic carbocycles. The van der Waals surface area contributed by atoms with Crippen molar-refractivity contribution in [2.24, 2.45) is 11.7 Å². The molecule has 1 aliphatic heterocycles. The molecule has 0 spiro atoms. The van der Waals surface area contributed by atoms with E-state index >= 15 is 0 Å². The van der Waals surface area contributed by atoms with Gasteiger partial charge in [-0.3, -0.25) is 5.10 Å². The summed E-state index contributed by atoms with van der Waals surface area (Å²) in [5, 5.41) is 6.65. The summed E-state index contributed by atoms with van der Waals surface area (Å²) >= 11 is 0. The largest absolute Gasteiger partial charge is 0.381 e. The first-order valence-electron chi connectivity index (χ1n) is 6.74. The van der Waals surface area contributed by atoms with Gasteiger partial charge in [0.15, 0.2) is 0 Å². The van der Waals surface area contributed by atoms with E-state index in [4.69, 9.17) is 10.5 Å². The normalized spacial score (nSPS) is 17.8. The minimum atomic E-state index is -3.55. The smallest absolute Gasteiger partial charge is 0.246 e. The van der Waals surface area contributed by atoms with Gasteiger partial charge in [0.1, 0.15) is 4.90 Å². The van der Waals surface area contributed by atoms with Gasteiger partial charge in [-0.25, -0.2) is 12.7 Å². The highest BCUT2D eigenvalue weighted by Gasteiger charge is 2.30. The number of aryl methyl sites for hydroxylation is 1. The Morgan fingerprint density at radius 2 is 2.10 bits per heavy atom. The zero-order chi connectivity index (χ0) is 14.8. The van der Waals surface area contributed by atoms with Crippen molar-refractivity contribution in [2.45, 2.75) is 31.2 Å². The van der Waals surface area contributed by atoms with Crippen LogP contribution in [0.15, 0.2) is 4.90 Å². The van der Waals surface area contributed by atoms with E-state index in [1.165, 1.54) is 4.31 Å². The summed E-state index contributed by atoms with van der Waals surface area (Å²) in [4.78, 5) is 0.217. The molecule has 0 radical (unpaired) electrons. The van der Waals surface area contributed by atoms with E-state index in [-0.39, 0.29) is 11.4 Å². The summed E-state index contributed by atoms with van der Waals surface area (Å²) in [7, 11) is -1.94. The van der Waals surface area contributed by atoms with Crippen molar-refractivity contribution in [1.29, 1.82) is 0 Å². The third-order valence-electron chi connectivity index (χ3n) is 3.68. The van der Waals surface area contributed by atoms with E-state index in [0.717, 1.165) is 12.8 Å². The Morgan fingerprint density at radius 3 is 2.70 bits per heavy atom. The van der Waals surface area contributed by atoms with Crippen LogP contribution >= 0.6 is 0 Å². The lowest BCUT2D eigenvalue weighted by Gasteiger charge is -2.26. The number of H-pyrrole nitrogens is 1. The number of hydrogen-bond donors (Lipinski definition) is 2. The van der Waals surface area contributed by atoms with Crippen LogP contribution in [-0.2, 0) is 21.3 Å². The van der Waals surface area contributed by atoms with Gasteiger partial charge in [-0.1, -0.05) is 0 Å². The molecule has 1 saturated heterocycles. The van der Waals surface area contributed by atoms with Crippen LogP contribution in [0.5, 0.6) is 0 Å². The van der Waals surface area contributed by atoms with Crippen LogP contribution in [0.4, 0.5) is 0 Å². The number of nitrogens with two attached hydrogens (primary N) is 1. The van der Waals surface area contributed by atoms with Crippen molar-refractivity contribution >= 4 is 10.0 Å². The Morgan fingerprint density at radius 1 is 1.45 bits per heavy atom. The number of ether oxygens (including phenoxy) is 1. The fourth-order valence-electron chi connectivity index (χ4n) is 2.50. The Balaban J connectivity index is 2.18. The molecule has 0 unspecified atom stereocenters. The SMILES string of the molecule is Cc1[nH]nc(CN)c1S(=O)(=O)N(C)CC1CCOCC1.